The summed E-state index contributed by atoms with van der Waals surface area (Å²) < 4.78 is 21.1. The van der Waals surface area contributed by atoms with E-state index in [-0.39, 0.29) is 23.6 Å². The minimum Gasteiger partial charge on any atom is -0.474 e. The fraction of sp³-hybridized carbons (Fsp3) is 0.500. The number of aromatic nitrogens is 4. The molecule has 0 bridgehead atoms. The van der Waals surface area contributed by atoms with E-state index in [9.17, 15) is 19.4 Å². The smallest absolute Gasteiger partial charge is 0.232 e. The number of nitrogens with zero attached hydrogens (tertiary/aromatic N) is 4. The summed E-state index contributed by atoms with van der Waals surface area (Å²) in [6, 6.07) is 6.25. The van der Waals surface area contributed by atoms with Gasteiger partial charge >= 0.3 is 0 Å². The minimum atomic E-state index is -0.808. The molecule has 1 saturated carbocycles. The number of benzene rings is 1. The van der Waals surface area contributed by atoms with Crippen LogP contribution in [0.3, 0.4) is 0 Å². The third kappa shape index (κ3) is 10.3. The van der Waals surface area contributed by atoms with Gasteiger partial charge in [-0.25, -0.2) is 9.37 Å². The van der Waals surface area contributed by atoms with E-state index in [0.717, 1.165) is 36.9 Å². The van der Waals surface area contributed by atoms with E-state index >= 15 is 0 Å². The van der Waals surface area contributed by atoms with Crippen LogP contribution in [0.2, 0.25) is 5.02 Å². The van der Waals surface area contributed by atoms with E-state index in [1.807, 2.05) is 27.9 Å². The number of carbonyl (C=O) groups excluding carboxylic acids is 1. The highest BCUT2D eigenvalue weighted by atomic mass is 35.5. The summed E-state index contributed by atoms with van der Waals surface area (Å²) in [6.45, 7) is 7.63. The number of fused-ring (bicyclic) bond motifs is 1. The number of aldehydes is 1. The third-order valence-corrected chi connectivity index (χ3v) is 6.78. The Hall–Kier alpha value is -3.21. The van der Waals surface area contributed by atoms with Gasteiger partial charge in [0.25, 0.3) is 0 Å². The first-order valence-electron chi connectivity index (χ1n) is 13.7. The molecule has 2 heterocycles. The zero-order valence-electron chi connectivity index (χ0n) is 24.9. The van der Waals surface area contributed by atoms with Crippen molar-refractivity contribution < 1.29 is 24.1 Å². The van der Waals surface area contributed by atoms with Gasteiger partial charge in [-0.3, -0.25) is 9.48 Å². The second-order valence-corrected chi connectivity index (χ2v) is 10.9. The van der Waals surface area contributed by atoms with Gasteiger partial charge in [0, 0.05) is 39.1 Å². The van der Waals surface area contributed by atoms with Gasteiger partial charge in [0.1, 0.15) is 18.1 Å². The standard InChI is InChI=1S/C13H16N2O2.C8H14N2O2.C7H7ClFN.C2H6/c1-15-7-14-13(12(15)6-16)10-2-8-4-11(17)5-9(8)3-10;1-8(2,11)6-12-7-4-5-10(3)9-7;1-10-5-2-3-7(9)6(8)4-5;1-2/h2,6-9,11,17H,3-5H2,1H3;4-5,11H,6H2,1-3H3;2-4,10H,1H3;1-2H3/t8-,9+,11+;;;/m0.../s1. The Morgan fingerprint density at radius 2 is 1.95 bits per heavy atom. The SMILES string of the molecule is CC.CNc1ccc(F)c(Cl)c1.Cn1ccc(OCC(C)(C)O)n1.Cn1cnc(C2=C[C@H]3C[C@@H](O)C[C@H]3C2)c1C=O. The van der Waals surface area contributed by atoms with Crippen LogP contribution >= 0.6 is 11.6 Å². The first-order chi connectivity index (χ1) is 19.4. The van der Waals surface area contributed by atoms with Crippen molar-refractivity contribution in [3.63, 3.8) is 0 Å². The van der Waals surface area contributed by atoms with Crippen LogP contribution in [0.25, 0.3) is 5.57 Å². The van der Waals surface area contributed by atoms with Crippen LogP contribution in [0.1, 0.15) is 63.1 Å². The van der Waals surface area contributed by atoms with E-state index in [0.29, 0.717) is 23.4 Å². The fourth-order valence-electron chi connectivity index (χ4n) is 4.55. The molecule has 226 valence electrons. The first kappa shape index (κ1) is 34.0. The Labute approximate surface area is 247 Å². The molecule has 3 aromatic rings. The van der Waals surface area contributed by atoms with Gasteiger partial charge in [-0.05, 0) is 68.7 Å². The average Bonchev–Trinajstić information content (AvgIpc) is 3.69. The Kier molecular flexibility index (Phi) is 13.0. The fourth-order valence-corrected chi connectivity index (χ4v) is 4.73. The molecule has 1 fully saturated rings. The van der Waals surface area contributed by atoms with E-state index in [1.54, 1.807) is 54.8 Å². The number of allylic oxidation sites excluding steroid dienone is 2. The quantitative estimate of drug-likeness (QED) is 0.323. The number of hydrogen-bond acceptors (Lipinski definition) is 7. The average molecular weight is 592 g/mol. The van der Waals surface area contributed by atoms with Crippen molar-refractivity contribution in [2.24, 2.45) is 25.9 Å². The molecule has 3 atom stereocenters. The molecular weight excluding hydrogens is 549 g/mol. The van der Waals surface area contributed by atoms with Crippen LogP contribution < -0.4 is 10.1 Å². The molecule has 0 radical (unpaired) electrons. The lowest BCUT2D eigenvalue weighted by Gasteiger charge is -2.16. The molecule has 0 amide bonds. The summed E-state index contributed by atoms with van der Waals surface area (Å²) in [5.74, 6) is 1.17. The minimum absolute atomic E-state index is 0.142. The summed E-state index contributed by atoms with van der Waals surface area (Å²) in [5, 5.41) is 25.9. The number of halogens is 2. The zero-order valence-corrected chi connectivity index (χ0v) is 25.7. The van der Waals surface area contributed by atoms with E-state index < -0.39 is 5.60 Å². The van der Waals surface area contributed by atoms with Crippen molar-refractivity contribution in [1.29, 1.82) is 0 Å². The molecule has 0 unspecified atom stereocenters. The molecule has 2 aliphatic carbocycles. The topological polar surface area (TPSA) is 114 Å². The number of ether oxygens (including phenoxy) is 1. The highest BCUT2D eigenvalue weighted by Gasteiger charge is 2.37. The number of rotatable bonds is 6. The second-order valence-electron chi connectivity index (χ2n) is 10.5. The van der Waals surface area contributed by atoms with Crippen molar-refractivity contribution in [3.05, 3.63) is 65.1 Å². The number of nitrogens with one attached hydrogen (secondary N) is 1. The number of carbonyl (C=O) groups is 1. The highest BCUT2D eigenvalue weighted by Crippen LogP contribution is 2.45. The zero-order chi connectivity index (χ0) is 30.7. The molecule has 9 nitrogen and oxygen atoms in total. The number of aliphatic hydroxyl groups excluding tert-OH is 1. The van der Waals surface area contributed by atoms with E-state index in [2.05, 4.69) is 21.5 Å². The maximum absolute atomic E-state index is 12.5. The summed E-state index contributed by atoms with van der Waals surface area (Å²) in [6.07, 6.45) is 9.09. The molecule has 5 rings (SSSR count). The van der Waals surface area contributed by atoms with Crippen molar-refractivity contribution in [1.82, 2.24) is 19.3 Å². The van der Waals surface area contributed by atoms with Gasteiger partial charge in [-0.1, -0.05) is 31.5 Å². The number of imidazole rings is 1. The largest absolute Gasteiger partial charge is 0.474 e. The van der Waals surface area contributed by atoms with Gasteiger partial charge in [0.15, 0.2) is 6.29 Å². The van der Waals surface area contributed by atoms with Gasteiger partial charge in [0.05, 0.1) is 28.7 Å². The predicted octanol–water partition coefficient (Wildman–Crippen LogP) is 5.52. The summed E-state index contributed by atoms with van der Waals surface area (Å²) in [7, 11) is 5.40. The molecular formula is C30H43ClFN5O4. The monoisotopic (exact) mass is 591 g/mol. The van der Waals surface area contributed by atoms with Crippen LogP contribution in [-0.4, -0.2) is 61.2 Å². The lowest BCUT2D eigenvalue weighted by Crippen LogP contribution is -2.27. The second kappa shape index (κ2) is 15.7. The van der Waals surface area contributed by atoms with Crippen LogP contribution in [0.5, 0.6) is 5.88 Å². The van der Waals surface area contributed by atoms with E-state index in [4.69, 9.17) is 16.3 Å². The Bertz CT molecular complexity index is 1280. The molecule has 41 heavy (non-hydrogen) atoms. The normalized spacial score (nSPS) is 18.9. The summed E-state index contributed by atoms with van der Waals surface area (Å²) in [4.78, 5) is 15.4. The van der Waals surface area contributed by atoms with Gasteiger partial charge < -0.3 is 24.8 Å². The molecule has 3 N–H and O–H groups in total. The van der Waals surface area contributed by atoms with Crippen molar-refractivity contribution in [3.8, 4) is 5.88 Å². The van der Waals surface area contributed by atoms with Gasteiger partial charge in [-0.2, -0.15) is 0 Å². The Balaban J connectivity index is 0.000000218. The molecule has 2 aromatic heterocycles. The van der Waals surface area contributed by atoms with E-state index in [1.165, 1.54) is 17.7 Å². The molecule has 11 heteroatoms. The van der Waals surface area contributed by atoms with Gasteiger partial charge in [-0.15, -0.1) is 5.10 Å². The first-order valence-corrected chi connectivity index (χ1v) is 14.1. The van der Waals surface area contributed by atoms with Crippen LogP contribution in [0.15, 0.2) is 42.9 Å². The lowest BCUT2D eigenvalue weighted by atomic mass is 9.99. The Morgan fingerprint density at radius 3 is 2.49 bits per heavy atom. The molecule has 0 aliphatic heterocycles. The molecule has 2 aliphatic rings. The Morgan fingerprint density at radius 1 is 1.24 bits per heavy atom. The predicted molar refractivity (Wildman–Crippen MR) is 161 cm³/mol. The number of anilines is 1. The number of hydrogen-bond donors (Lipinski definition) is 3. The third-order valence-electron chi connectivity index (χ3n) is 6.49. The van der Waals surface area contributed by atoms with Crippen LogP contribution in [0, 0.1) is 17.7 Å². The molecule has 0 saturated heterocycles. The van der Waals surface area contributed by atoms with Crippen molar-refractivity contribution >= 4 is 29.1 Å². The van der Waals surface area contributed by atoms with Crippen molar-refractivity contribution in [2.75, 3.05) is 19.0 Å². The summed E-state index contributed by atoms with van der Waals surface area (Å²) >= 11 is 5.48. The number of aliphatic hydroxyl groups is 2. The molecule has 1 aromatic carbocycles. The van der Waals surface area contributed by atoms with Crippen molar-refractivity contribution in [2.45, 2.75) is 58.7 Å². The maximum atomic E-state index is 12.5. The molecule has 0 spiro atoms. The number of aryl methyl sites for hydroxylation is 2. The van der Waals surface area contributed by atoms with Gasteiger partial charge in [0.2, 0.25) is 5.88 Å². The highest BCUT2D eigenvalue weighted by molar-refractivity contribution is 6.31. The lowest BCUT2D eigenvalue weighted by molar-refractivity contribution is 0.0266. The summed E-state index contributed by atoms with van der Waals surface area (Å²) in [5.41, 5.74) is 2.65. The van der Waals surface area contributed by atoms with Crippen LogP contribution in [-0.2, 0) is 14.1 Å². The maximum Gasteiger partial charge on any atom is 0.232 e. The van der Waals surface area contributed by atoms with Crippen LogP contribution in [0.4, 0.5) is 10.1 Å².